The van der Waals surface area contributed by atoms with Crippen molar-refractivity contribution in [3.8, 4) is 22.3 Å². The lowest BCUT2D eigenvalue weighted by Gasteiger charge is -2.14. The summed E-state index contributed by atoms with van der Waals surface area (Å²) in [6.45, 7) is 16.9. The van der Waals surface area contributed by atoms with Gasteiger partial charge < -0.3 is 0 Å². The Kier molecular flexibility index (Phi) is 11.9. The van der Waals surface area contributed by atoms with Crippen LogP contribution in [0.2, 0.25) is 0 Å². The maximum absolute atomic E-state index is 14.8. The van der Waals surface area contributed by atoms with Gasteiger partial charge in [0.05, 0.1) is 0 Å². The average molecular weight is 421 g/mol. The third-order valence-corrected chi connectivity index (χ3v) is 5.32. The van der Waals surface area contributed by atoms with Crippen LogP contribution in [0.15, 0.2) is 66.7 Å². The highest BCUT2D eigenvalue weighted by atomic mass is 19.1. The Morgan fingerprint density at radius 1 is 0.645 bits per heavy atom. The van der Waals surface area contributed by atoms with Crippen molar-refractivity contribution in [1.29, 1.82) is 0 Å². The molecule has 0 aliphatic rings. The van der Waals surface area contributed by atoms with Crippen LogP contribution in [-0.4, -0.2) is 0 Å². The van der Waals surface area contributed by atoms with Crippen LogP contribution in [0.5, 0.6) is 0 Å². The van der Waals surface area contributed by atoms with Crippen molar-refractivity contribution in [2.45, 2.75) is 74.1 Å². The highest BCUT2D eigenvalue weighted by molar-refractivity contribution is 5.71. The second kappa shape index (κ2) is 13.8. The molecule has 0 nitrogen and oxygen atoms in total. The standard InChI is InChI=1S/C26H29F.2C2H6/c1-18(2)5-8-20(4)21-11-13-23(14-12-21)25-16-15-24(17-26(25)27)22-9-6-19(3)7-10-22;2*1-2/h6-7,9-18,20H,5,8H2,1-4H3;2*1-2H3. The van der Waals surface area contributed by atoms with Gasteiger partial charge in [0.2, 0.25) is 0 Å². The van der Waals surface area contributed by atoms with Gasteiger partial charge in [-0.3, -0.25) is 0 Å². The van der Waals surface area contributed by atoms with E-state index in [4.69, 9.17) is 0 Å². The van der Waals surface area contributed by atoms with Gasteiger partial charge in [0.1, 0.15) is 5.82 Å². The van der Waals surface area contributed by atoms with E-state index >= 15 is 0 Å². The Balaban J connectivity index is 0.00000113. The summed E-state index contributed by atoms with van der Waals surface area (Å²) in [5.41, 5.74) is 6.08. The molecular formula is C30H41F. The molecule has 0 N–H and O–H groups in total. The molecule has 0 aromatic heterocycles. The summed E-state index contributed by atoms with van der Waals surface area (Å²) < 4.78 is 14.8. The monoisotopic (exact) mass is 420 g/mol. The molecule has 0 aliphatic heterocycles. The minimum Gasteiger partial charge on any atom is -0.206 e. The maximum Gasteiger partial charge on any atom is 0.131 e. The van der Waals surface area contributed by atoms with Crippen LogP contribution in [0, 0.1) is 18.7 Å². The van der Waals surface area contributed by atoms with E-state index < -0.39 is 0 Å². The molecule has 0 saturated heterocycles. The second-order valence-electron chi connectivity index (χ2n) is 8.05. The molecule has 0 fully saturated rings. The van der Waals surface area contributed by atoms with Crippen molar-refractivity contribution in [3.05, 3.63) is 83.7 Å². The van der Waals surface area contributed by atoms with Gasteiger partial charge in [0, 0.05) is 5.56 Å². The van der Waals surface area contributed by atoms with E-state index in [0.29, 0.717) is 11.5 Å². The first-order valence-corrected chi connectivity index (χ1v) is 11.9. The first-order chi connectivity index (χ1) is 14.9. The average Bonchev–Trinajstić information content (AvgIpc) is 2.80. The summed E-state index contributed by atoms with van der Waals surface area (Å²) >= 11 is 0. The lowest BCUT2D eigenvalue weighted by Crippen LogP contribution is -1.97. The topological polar surface area (TPSA) is 0 Å². The van der Waals surface area contributed by atoms with Gasteiger partial charge >= 0.3 is 0 Å². The molecule has 31 heavy (non-hydrogen) atoms. The van der Waals surface area contributed by atoms with Crippen LogP contribution in [-0.2, 0) is 0 Å². The van der Waals surface area contributed by atoms with E-state index in [0.717, 1.165) is 22.6 Å². The van der Waals surface area contributed by atoms with Gasteiger partial charge in [-0.25, -0.2) is 4.39 Å². The van der Waals surface area contributed by atoms with Crippen molar-refractivity contribution >= 4 is 0 Å². The molecule has 3 aromatic carbocycles. The Morgan fingerprint density at radius 3 is 1.68 bits per heavy atom. The molecule has 3 rings (SSSR count). The van der Waals surface area contributed by atoms with Gasteiger partial charge in [-0.2, -0.15) is 0 Å². The maximum atomic E-state index is 14.8. The zero-order chi connectivity index (χ0) is 23.4. The molecule has 1 atom stereocenters. The molecule has 3 aromatic rings. The lowest BCUT2D eigenvalue weighted by atomic mass is 9.91. The van der Waals surface area contributed by atoms with E-state index in [2.05, 4.69) is 52.0 Å². The lowest BCUT2D eigenvalue weighted by molar-refractivity contribution is 0.517. The summed E-state index contributed by atoms with van der Waals surface area (Å²) in [4.78, 5) is 0. The molecule has 0 amide bonds. The second-order valence-corrected chi connectivity index (χ2v) is 8.05. The fourth-order valence-corrected chi connectivity index (χ4v) is 3.42. The van der Waals surface area contributed by atoms with Crippen molar-refractivity contribution in [3.63, 3.8) is 0 Å². The zero-order valence-electron chi connectivity index (χ0n) is 20.8. The first-order valence-electron chi connectivity index (χ1n) is 11.9. The third kappa shape index (κ3) is 7.98. The molecule has 0 spiro atoms. The van der Waals surface area contributed by atoms with Gasteiger partial charge in [-0.1, -0.05) is 121 Å². The largest absolute Gasteiger partial charge is 0.206 e. The fraction of sp³-hybridized carbons (Fsp3) is 0.400. The Hall–Kier alpha value is -2.41. The van der Waals surface area contributed by atoms with Crippen LogP contribution in [0.1, 0.15) is 78.4 Å². The molecule has 0 bridgehead atoms. The SMILES string of the molecule is CC.CC.Cc1ccc(-c2ccc(-c3ccc(C(C)CCC(C)C)cc3)c(F)c2)cc1. The number of hydrogen-bond acceptors (Lipinski definition) is 0. The van der Waals surface area contributed by atoms with Crippen LogP contribution < -0.4 is 0 Å². The van der Waals surface area contributed by atoms with Crippen molar-refractivity contribution in [2.24, 2.45) is 5.92 Å². The minimum atomic E-state index is -0.173. The normalized spacial score (nSPS) is 11.2. The highest BCUT2D eigenvalue weighted by Gasteiger charge is 2.10. The Morgan fingerprint density at radius 2 is 1.16 bits per heavy atom. The van der Waals surface area contributed by atoms with Crippen LogP contribution >= 0.6 is 0 Å². The Bertz CT molecular complexity index is 873. The van der Waals surface area contributed by atoms with Crippen molar-refractivity contribution in [2.75, 3.05) is 0 Å². The molecule has 168 valence electrons. The fourth-order valence-electron chi connectivity index (χ4n) is 3.42. The predicted molar refractivity (Wildman–Crippen MR) is 137 cm³/mol. The van der Waals surface area contributed by atoms with E-state index in [1.165, 1.54) is 24.0 Å². The summed E-state index contributed by atoms with van der Waals surface area (Å²) in [5, 5.41) is 0. The molecular weight excluding hydrogens is 379 g/mol. The summed E-state index contributed by atoms with van der Waals surface area (Å²) in [7, 11) is 0. The quantitative estimate of drug-likeness (QED) is 0.372. The molecule has 1 heteroatoms. The number of aryl methyl sites for hydroxylation is 1. The van der Waals surface area contributed by atoms with E-state index in [9.17, 15) is 4.39 Å². The van der Waals surface area contributed by atoms with Gasteiger partial charge in [0.15, 0.2) is 0 Å². The number of hydrogen-bond donors (Lipinski definition) is 0. The summed E-state index contributed by atoms with van der Waals surface area (Å²) in [5.74, 6) is 1.09. The first kappa shape index (κ1) is 26.6. The third-order valence-electron chi connectivity index (χ3n) is 5.32. The molecule has 0 heterocycles. The van der Waals surface area contributed by atoms with Crippen LogP contribution in [0.3, 0.4) is 0 Å². The molecule has 0 radical (unpaired) electrons. The molecule has 0 saturated carbocycles. The van der Waals surface area contributed by atoms with Crippen LogP contribution in [0.25, 0.3) is 22.3 Å². The van der Waals surface area contributed by atoms with Gasteiger partial charge in [0.25, 0.3) is 0 Å². The van der Waals surface area contributed by atoms with Crippen molar-refractivity contribution in [1.82, 2.24) is 0 Å². The number of rotatable bonds is 6. The summed E-state index contributed by atoms with van der Waals surface area (Å²) in [6.07, 6.45) is 2.43. The van der Waals surface area contributed by atoms with Gasteiger partial charge in [-0.15, -0.1) is 0 Å². The number of halogens is 1. The highest BCUT2D eigenvalue weighted by Crippen LogP contribution is 2.30. The number of benzene rings is 3. The molecule has 1 unspecified atom stereocenters. The van der Waals surface area contributed by atoms with Gasteiger partial charge in [-0.05, 0) is 53.5 Å². The Labute approximate surface area is 190 Å². The zero-order valence-corrected chi connectivity index (χ0v) is 20.8. The van der Waals surface area contributed by atoms with Crippen LogP contribution in [0.4, 0.5) is 4.39 Å². The minimum absolute atomic E-state index is 0.173. The smallest absolute Gasteiger partial charge is 0.131 e. The van der Waals surface area contributed by atoms with Crippen molar-refractivity contribution < 1.29 is 4.39 Å². The molecule has 0 aliphatic carbocycles. The predicted octanol–water partition coefficient (Wildman–Crippen LogP) is 10.1. The summed E-state index contributed by atoms with van der Waals surface area (Å²) in [6, 6.07) is 22.1. The van der Waals surface area contributed by atoms with E-state index in [-0.39, 0.29) is 5.82 Å². The van der Waals surface area contributed by atoms with E-state index in [1.807, 2.05) is 64.1 Å². The van der Waals surface area contributed by atoms with E-state index in [1.54, 1.807) is 6.07 Å².